The second kappa shape index (κ2) is 6.06. The zero-order valence-electron chi connectivity index (χ0n) is 8.32. The maximum atomic E-state index is 5.48. The van der Waals surface area contributed by atoms with Crippen molar-refractivity contribution in [2.24, 2.45) is 0 Å². The van der Waals surface area contributed by atoms with Crippen molar-refractivity contribution in [1.29, 1.82) is 0 Å². The van der Waals surface area contributed by atoms with E-state index in [-0.39, 0.29) is 0 Å². The van der Waals surface area contributed by atoms with Crippen molar-refractivity contribution in [2.45, 2.75) is 6.42 Å². The molecule has 0 saturated carbocycles. The minimum atomic E-state index is 0.655. The van der Waals surface area contributed by atoms with Crippen LogP contribution in [0.2, 0.25) is 0 Å². The zero-order valence-corrected chi connectivity index (χ0v) is 8.32. The summed E-state index contributed by atoms with van der Waals surface area (Å²) in [6.45, 7) is 1.37. The maximum absolute atomic E-state index is 5.48. The van der Waals surface area contributed by atoms with Gasteiger partial charge in [-0.1, -0.05) is 12.0 Å². The molecular weight excluding hydrogens is 176 g/mol. The molecule has 1 aromatic carbocycles. The van der Waals surface area contributed by atoms with E-state index in [1.807, 2.05) is 24.3 Å². The number of hydrogen-bond acceptors (Lipinski definition) is 2. The monoisotopic (exact) mass is 190 g/mol. The molecule has 1 aromatic rings. The van der Waals surface area contributed by atoms with E-state index in [0.717, 1.165) is 24.3 Å². The third kappa shape index (κ3) is 3.51. The topological polar surface area (TPSA) is 18.5 Å². The molecule has 0 fully saturated rings. The Balaban J connectivity index is 2.39. The van der Waals surface area contributed by atoms with Crippen LogP contribution in [0.1, 0.15) is 12.0 Å². The Labute approximate surface area is 84.8 Å². The van der Waals surface area contributed by atoms with Crippen LogP contribution in [-0.2, 0) is 4.74 Å². The van der Waals surface area contributed by atoms with Crippen LogP contribution in [0.25, 0.3) is 0 Å². The van der Waals surface area contributed by atoms with E-state index >= 15 is 0 Å². The summed E-state index contributed by atoms with van der Waals surface area (Å²) in [5.41, 5.74) is 0.842. The van der Waals surface area contributed by atoms with Gasteiger partial charge in [0.1, 0.15) is 5.75 Å². The zero-order chi connectivity index (χ0) is 10.2. The van der Waals surface area contributed by atoms with Gasteiger partial charge in [-0.05, 0) is 18.2 Å². The van der Waals surface area contributed by atoms with Gasteiger partial charge in [-0.2, -0.15) is 0 Å². The van der Waals surface area contributed by atoms with Crippen LogP contribution in [0, 0.1) is 12.3 Å². The Morgan fingerprint density at radius 2 is 2.21 bits per heavy atom. The van der Waals surface area contributed by atoms with Gasteiger partial charge >= 0.3 is 0 Å². The van der Waals surface area contributed by atoms with Crippen LogP contribution in [0.15, 0.2) is 24.3 Å². The molecule has 0 saturated heterocycles. The third-order valence-electron chi connectivity index (χ3n) is 1.76. The summed E-state index contributed by atoms with van der Waals surface area (Å²) < 4.78 is 10.4. The summed E-state index contributed by atoms with van der Waals surface area (Å²) in [4.78, 5) is 0. The summed E-state index contributed by atoms with van der Waals surface area (Å²) in [5.74, 6) is 3.38. The molecule has 14 heavy (non-hydrogen) atoms. The molecule has 0 aliphatic heterocycles. The first-order chi connectivity index (χ1) is 6.86. The Morgan fingerprint density at radius 1 is 1.36 bits per heavy atom. The van der Waals surface area contributed by atoms with Gasteiger partial charge in [0.2, 0.25) is 0 Å². The van der Waals surface area contributed by atoms with E-state index in [0.29, 0.717) is 6.61 Å². The molecule has 0 atom stereocenters. The van der Waals surface area contributed by atoms with Crippen molar-refractivity contribution in [2.75, 3.05) is 20.3 Å². The molecule has 0 heterocycles. The van der Waals surface area contributed by atoms with E-state index in [4.69, 9.17) is 15.9 Å². The summed E-state index contributed by atoms with van der Waals surface area (Å²) >= 11 is 0. The van der Waals surface area contributed by atoms with Crippen molar-refractivity contribution >= 4 is 0 Å². The number of methoxy groups -OCH3 is 1. The normalized spacial score (nSPS) is 9.43. The molecule has 0 N–H and O–H groups in total. The van der Waals surface area contributed by atoms with E-state index in [1.54, 1.807) is 7.11 Å². The molecule has 0 radical (unpaired) electrons. The van der Waals surface area contributed by atoms with E-state index < -0.39 is 0 Å². The second-order valence-electron chi connectivity index (χ2n) is 2.87. The fraction of sp³-hybridized carbons (Fsp3) is 0.333. The Kier molecular flexibility index (Phi) is 4.60. The van der Waals surface area contributed by atoms with E-state index in [1.165, 1.54) is 0 Å². The smallest absolute Gasteiger partial charge is 0.120 e. The van der Waals surface area contributed by atoms with Crippen LogP contribution in [0.4, 0.5) is 0 Å². The Bertz CT molecular complexity index is 312. The molecule has 1 rings (SSSR count). The lowest BCUT2D eigenvalue weighted by Crippen LogP contribution is -2.01. The van der Waals surface area contributed by atoms with Crippen LogP contribution in [0.5, 0.6) is 5.75 Å². The quantitative estimate of drug-likeness (QED) is 0.523. The predicted molar refractivity (Wildman–Crippen MR) is 56.4 cm³/mol. The number of terminal acetylenes is 1. The average molecular weight is 190 g/mol. The first-order valence-corrected chi connectivity index (χ1v) is 4.55. The second-order valence-corrected chi connectivity index (χ2v) is 2.87. The Hall–Kier alpha value is -1.46. The van der Waals surface area contributed by atoms with Gasteiger partial charge in [0.05, 0.1) is 6.61 Å². The molecule has 0 aliphatic rings. The summed E-state index contributed by atoms with van der Waals surface area (Å²) in [5, 5.41) is 0. The van der Waals surface area contributed by atoms with Crippen molar-refractivity contribution in [3.63, 3.8) is 0 Å². The van der Waals surface area contributed by atoms with Gasteiger partial charge in [-0.25, -0.2) is 0 Å². The average Bonchev–Trinajstić information content (AvgIpc) is 2.25. The highest BCUT2D eigenvalue weighted by Crippen LogP contribution is 2.12. The number of benzene rings is 1. The summed E-state index contributed by atoms with van der Waals surface area (Å²) in [6.07, 6.45) is 6.16. The van der Waals surface area contributed by atoms with Gasteiger partial charge in [-0.15, -0.1) is 6.42 Å². The molecule has 2 nitrogen and oxygen atoms in total. The van der Waals surface area contributed by atoms with E-state index in [2.05, 4.69) is 5.92 Å². The van der Waals surface area contributed by atoms with Gasteiger partial charge in [0.25, 0.3) is 0 Å². The molecule has 0 bridgehead atoms. The Morgan fingerprint density at radius 3 is 2.93 bits per heavy atom. The summed E-state index contributed by atoms with van der Waals surface area (Å²) in [6, 6.07) is 7.52. The lowest BCUT2D eigenvalue weighted by atomic mass is 10.2. The van der Waals surface area contributed by atoms with E-state index in [9.17, 15) is 0 Å². The van der Waals surface area contributed by atoms with Crippen LogP contribution in [-0.4, -0.2) is 20.3 Å². The number of hydrogen-bond donors (Lipinski definition) is 0. The fourth-order valence-electron chi connectivity index (χ4n) is 1.07. The van der Waals surface area contributed by atoms with Gasteiger partial charge < -0.3 is 9.47 Å². The lowest BCUT2D eigenvalue weighted by Gasteiger charge is -2.05. The van der Waals surface area contributed by atoms with Gasteiger partial charge in [0.15, 0.2) is 0 Å². The fourth-order valence-corrected chi connectivity index (χ4v) is 1.07. The standard InChI is InChI=1S/C12H14O2/c1-3-11-6-4-7-12(10-11)14-9-5-8-13-2/h1,4,6-7,10H,5,8-9H2,2H3. The first kappa shape index (κ1) is 10.6. The van der Waals surface area contributed by atoms with Gasteiger partial charge in [-0.3, -0.25) is 0 Å². The predicted octanol–water partition coefficient (Wildman–Crippen LogP) is 2.08. The minimum absolute atomic E-state index is 0.655. The van der Waals surface area contributed by atoms with Crippen molar-refractivity contribution in [3.8, 4) is 18.1 Å². The van der Waals surface area contributed by atoms with Crippen LogP contribution < -0.4 is 4.74 Å². The SMILES string of the molecule is C#Cc1cccc(OCCCOC)c1. The molecule has 74 valence electrons. The molecule has 0 aromatic heterocycles. The number of rotatable bonds is 5. The van der Waals surface area contributed by atoms with Crippen LogP contribution >= 0.6 is 0 Å². The molecule has 0 aliphatic carbocycles. The molecule has 0 spiro atoms. The molecule has 2 heteroatoms. The maximum Gasteiger partial charge on any atom is 0.120 e. The minimum Gasteiger partial charge on any atom is -0.493 e. The lowest BCUT2D eigenvalue weighted by molar-refractivity contribution is 0.172. The highest BCUT2D eigenvalue weighted by molar-refractivity contribution is 5.38. The first-order valence-electron chi connectivity index (χ1n) is 4.55. The van der Waals surface area contributed by atoms with Crippen molar-refractivity contribution < 1.29 is 9.47 Å². The van der Waals surface area contributed by atoms with Crippen molar-refractivity contribution in [1.82, 2.24) is 0 Å². The van der Waals surface area contributed by atoms with Crippen molar-refractivity contribution in [3.05, 3.63) is 29.8 Å². The van der Waals surface area contributed by atoms with Gasteiger partial charge in [0, 0.05) is 25.7 Å². The number of ether oxygens (including phenoxy) is 2. The molecular formula is C12H14O2. The highest BCUT2D eigenvalue weighted by Gasteiger charge is 1.94. The molecule has 0 amide bonds. The summed E-state index contributed by atoms with van der Waals surface area (Å²) in [7, 11) is 1.68. The highest BCUT2D eigenvalue weighted by atomic mass is 16.5. The van der Waals surface area contributed by atoms with Crippen LogP contribution in [0.3, 0.4) is 0 Å². The third-order valence-corrected chi connectivity index (χ3v) is 1.76. The molecule has 0 unspecified atom stereocenters. The largest absolute Gasteiger partial charge is 0.493 e.